The van der Waals surface area contributed by atoms with Gasteiger partial charge in [0.05, 0.1) is 5.52 Å². The van der Waals surface area contributed by atoms with Crippen LogP contribution in [-0.4, -0.2) is 31.0 Å². The van der Waals surface area contributed by atoms with E-state index in [1.54, 1.807) is 6.33 Å². The highest BCUT2D eigenvalue weighted by atomic mass is 15.1. The van der Waals surface area contributed by atoms with E-state index in [1.165, 1.54) is 0 Å². The Kier molecular flexibility index (Phi) is 4.50. The molecule has 0 saturated heterocycles. The van der Waals surface area contributed by atoms with Gasteiger partial charge in [-0.05, 0) is 25.5 Å². The van der Waals surface area contributed by atoms with Crippen LogP contribution in [0.1, 0.15) is 37.7 Å². The van der Waals surface area contributed by atoms with Crippen molar-refractivity contribution in [1.29, 1.82) is 0 Å². The largest absolute Gasteiger partial charge is 0.368 e. The van der Waals surface area contributed by atoms with Crippen molar-refractivity contribution in [3.8, 4) is 0 Å². The van der Waals surface area contributed by atoms with Crippen molar-refractivity contribution in [2.75, 3.05) is 11.9 Å². The minimum Gasteiger partial charge on any atom is -0.368 e. The number of hydrogen-bond acceptors (Lipinski definition) is 5. The molecule has 3 heterocycles. The highest BCUT2D eigenvalue weighted by Gasteiger charge is 2.07. The first-order valence-electron chi connectivity index (χ1n) is 7.98. The van der Waals surface area contributed by atoms with Gasteiger partial charge in [-0.1, -0.05) is 13.8 Å². The van der Waals surface area contributed by atoms with Crippen LogP contribution in [0.3, 0.4) is 0 Å². The Morgan fingerprint density at radius 3 is 2.87 bits per heavy atom. The van der Waals surface area contributed by atoms with Crippen LogP contribution in [-0.2, 0) is 6.54 Å². The second-order valence-corrected chi connectivity index (χ2v) is 5.96. The minimum absolute atomic E-state index is 0.441. The van der Waals surface area contributed by atoms with Crippen molar-refractivity contribution >= 4 is 16.9 Å². The third-order valence-corrected chi connectivity index (χ3v) is 3.75. The summed E-state index contributed by atoms with van der Waals surface area (Å²) >= 11 is 0. The van der Waals surface area contributed by atoms with E-state index in [-0.39, 0.29) is 0 Å². The van der Waals surface area contributed by atoms with Crippen LogP contribution in [0.4, 0.5) is 5.82 Å². The summed E-state index contributed by atoms with van der Waals surface area (Å²) in [5, 5.41) is 3.38. The van der Waals surface area contributed by atoms with Gasteiger partial charge in [0.15, 0.2) is 5.82 Å². The molecule has 0 radical (unpaired) electrons. The molecule has 0 aliphatic heterocycles. The van der Waals surface area contributed by atoms with E-state index in [4.69, 9.17) is 0 Å². The van der Waals surface area contributed by atoms with Gasteiger partial charge < -0.3 is 9.88 Å². The first-order chi connectivity index (χ1) is 11.1. The molecule has 6 nitrogen and oxygen atoms in total. The van der Waals surface area contributed by atoms with E-state index >= 15 is 0 Å². The normalized spacial score (nSPS) is 11.3. The van der Waals surface area contributed by atoms with Gasteiger partial charge in [-0.3, -0.25) is 0 Å². The molecule has 0 aliphatic carbocycles. The molecule has 0 bridgehead atoms. The molecule has 3 aromatic heterocycles. The lowest BCUT2D eigenvalue weighted by molar-refractivity contribution is 0.600. The highest BCUT2D eigenvalue weighted by molar-refractivity contribution is 5.84. The van der Waals surface area contributed by atoms with Crippen LogP contribution in [0.25, 0.3) is 11.0 Å². The van der Waals surface area contributed by atoms with E-state index in [1.807, 2.05) is 31.5 Å². The van der Waals surface area contributed by atoms with E-state index in [9.17, 15) is 0 Å². The Morgan fingerprint density at radius 2 is 2.04 bits per heavy atom. The lowest BCUT2D eigenvalue weighted by Crippen LogP contribution is -2.10. The van der Waals surface area contributed by atoms with Crippen LogP contribution in [0.15, 0.2) is 30.9 Å². The van der Waals surface area contributed by atoms with Crippen molar-refractivity contribution in [1.82, 2.24) is 24.5 Å². The maximum atomic E-state index is 4.54. The van der Waals surface area contributed by atoms with E-state index in [0.29, 0.717) is 5.92 Å². The Morgan fingerprint density at radius 1 is 1.17 bits per heavy atom. The van der Waals surface area contributed by atoms with Gasteiger partial charge in [0, 0.05) is 37.1 Å². The fraction of sp³-hybridized carbons (Fsp3) is 0.412. The topological polar surface area (TPSA) is 68.5 Å². The number of nitrogens with zero attached hydrogens (tertiary/aromatic N) is 5. The zero-order valence-electron chi connectivity index (χ0n) is 13.8. The van der Waals surface area contributed by atoms with Gasteiger partial charge in [-0.25, -0.2) is 19.9 Å². The molecule has 3 rings (SSSR count). The van der Waals surface area contributed by atoms with Gasteiger partial charge >= 0.3 is 0 Å². The predicted octanol–water partition coefficient (Wildman–Crippen LogP) is 3.16. The van der Waals surface area contributed by atoms with Crippen molar-refractivity contribution in [2.24, 2.45) is 0 Å². The zero-order valence-corrected chi connectivity index (χ0v) is 13.8. The monoisotopic (exact) mass is 310 g/mol. The average Bonchev–Trinajstić information content (AvgIpc) is 3.00. The highest BCUT2D eigenvalue weighted by Crippen LogP contribution is 2.17. The second-order valence-electron chi connectivity index (χ2n) is 5.96. The third kappa shape index (κ3) is 3.47. The number of pyridine rings is 1. The van der Waals surface area contributed by atoms with Crippen LogP contribution < -0.4 is 5.32 Å². The molecule has 0 unspecified atom stereocenters. The fourth-order valence-corrected chi connectivity index (χ4v) is 2.63. The number of aryl methyl sites for hydroxylation is 2. The van der Waals surface area contributed by atoms with Gasteiger partial charge in [0.2, 0.25) is 0 Å². The number of nitrogens with one attached hydrogen (secondary N) is 1. The SMILES string of the molecule is Cc1ccc2ncnc(NCCCn3ccnc3C(C)C)c2n1. The average molecular weight is 310 g/mol. The molecular weight excluding hydrogens is 288 g/mol. The molecule has 0 spiro atoms. The summed E-state index contributed by atoms with van der Waals surface area (Å²) in [6.07, 6.45) is 6.48. The van der Waals surface area contributed by atoms with E-state index in [2.05, 4.69) is 43.7 Å². The summed E-state index contributed by atoms with van der Waals surface area (Å²) in [4.78, 5) is 17.5. The van der Waals surface area contributed by atoms with Crippen molar-refractivity contribution in [3.05, 3.63) is 42.4 Å². The number of hydrogen-bond donors (Lipinski definition) is 1. The van der Waals surface area contributed by atoms with Crippen LogP contribution in [0, 0.1) is 6.92 Å². The summed E-state index contributed by atoms with van der Waals surface area (Å²) < 4.78 is 2.22. The molecule has 120 valence electrons. The summed E-state index contributed by atoms with van der Waals surface area (Å²) in [5.74, 6) is 2.37. The molecule has 0 fully saturated rings. The maximum absolute atomic E-state index is 4.54. The molecule has 23 heavy (non-hydrogen) atoms. The molecular formula is C17H22N6. The summed E-state index contributed by atoms with van der Waals surface area (Å²) in [6, 6.07) is 3.94. The minimum atomic E-state index is 0.441. The molecule has 0 amide bonds. The van der Waals surface area contributed by atoms with Gasteiger partial charge in [-0.2, -0.15) is 0 Å². The fourth-order valence-electron chi connectivity index (χ4n) is 2.63. The van der Waals surface area contributed by atoms with Crippen molar-refractivity contribution < 1.29 is 0 Å². The predicted molar refractivity (Wildman–Crippen MR) is 91.5 cm³/mol. The Balaban J connectivity index is 1.63. The first-order valence-corrected chi connectivity index (χ1v) is 7.98. The third-order valence-electron chi connectivity index (χ3n) is 3.75. The Labute approximate surface area is 136 Å². The lowest BCUT2D eigenvalue weighted by Gasteiger charge is -2.11. The van der Waals surface area contributed by atoms with Crippen LogP contribution in [0.2, 0.25) is 0 Å². The standard InChI is InChI=1S/C17H22N6/c1-12(2)17-19-8-10-23(17)9-4-7-18-16-15-14(20-11-21-16)6-5-13(3)22-15/h5-6,8,10-12H,4,7,9H2,1-3H3,(H,18,20,21). The maximum Gasteiger partial charge on any atom is 0.156 e. The summed E-state index contributed by atoms with van der Waals surface area (Å²) in [7, 11) is 0. The van der Waals surface area contributed by atoms with Crippen LogP contribution in [0.5, 0.6) is 0 Å². The number of rotatable bonds is 6. The van der Waals surface area contributed by atoms with E-state index in [0.717, 1.165) is 47.9 Å². The molecule has 1 N–H and O–H groups in total. The van der Waals surface area contributed by atoms with E-state index < -0.39 is 0 Å². The number of fused-ring (bicyclic) bond motifs is 1. The smallest absolute Gasteiger partial charge is 0.156 e. The molecule has 0 saturated carbocycles. The van der Waals surface area contributed by atoms with Crippen LogP contribution >= 0.6 is 0 Å². The quantitative estimate of drug-likeness (QED) is 0.708. The lowest BCUT2D eigenvalue weighted by atomic mass is 10.2. The van der Waals surface area contributed by atoms with Crippen molar-refractivity contribution in [3.63, 3.8) is 0 Å². The Bertz CT molecular complexity index is 793. The Hall–Kier alpha value is -2.50. The molecule has 0 atom stereocenters. The van der Waals surface area contributed by atoms with Crippen molar-refractivity contribution in [2.45, 2.75) is 39.7 Å². The summed E-state index contributed by atoms with van der Waals surface area (Å²) in [6.45, 7) is 8.08. The second kappa shape index (κ2) is 6.73. The number of anilines is 1. The van der Waals surface area contributed by atoms with Gasteiger partial charge in [-0.15, -0.1) is 0 Å². The molecule has 6 heteroatoms. The molecule has 0 aliphatic rings. The zero-order chi connectivity index (χ0) is 16.2. The number of imidazole rings is 1. The van der Waals surface area contributed by atoms with Gasteiger partial charge in [0.1, 0.15) is 17.7 Å². The molecule has 0 aromatic carbocycles. The molecule has 3 aromatic rings. The number of aromatic nitrogens is 5. The van der Waals surface area contributed by atoms with Gasteiger partial charge in [0.25, 0.3) is 0 Å². The first kappa shape index (κ1) is 15.4. The summed E-state index contributed by atoms with van der Waals surface area (Å²) in [5.41, 5.74) is 2.66.